The number of azide groups is 1. The molecule has 396 valence electrons. The van der Waals surface area contributed by atoms with Crippen molar-refractivity contribution in [2.24, 2.45) is 63.8 Å². The summed E-state index contributed by atoms with van der Waals surface area (Å²) in [5.41, 5.74) is 8.65. The minimum atomic E-state index is -0.848. The second-order valence-corrected chi connectivity index (χ2v) is 23.1. The van der Waals surface area contributed by atoms with Crippen LogP contribution in [0.15, 0.2) is 5.11 Å². The lowest BCUT2D eigenvalue weighted by Gasteiger charge is -2.62. The van der Waals surface area contributed by atoms with Gasteiger partial charge in [-0.15, -0.1) is 0 Å². The quantitative estimate of drug-likeness (QED) is 0.0341. The fraction of sp³-hybridized carbons (Fsp3) is 0.962. The summed E-state index contributed by atoms with van der Waals surface area (Å²) in [6, 6.07) is -0.338. The van der Waals surface area contributed by atoms with Gasteiger partial charge >= 0.3 is 0 Å². The molecule has 0 aromatic carbocycles. The molecule has 7 fully saturated rings. The van der Waals surface area contributed by atoms with Crippen LogP contribution in [0.1, 0.15) is 118 Å². The number of fused-ring (bicyclic) bond motifs is 2. The SMILES string of the molecule is COC1C(CN2O[C@@H](CO)[C@@H]([C@H](C)O)[C@H]2C(=O)N[C@H]2C[C@H]3C[C@@H]([C@@H]2C)C3(C)C)CCCC1C1CC(C(=O)N[C@H](CC2CCCCC2)CN(C)CCOCCOCCOCCN=[N+]=[N-])CC(N(C)C)C1. The van der Waals surface area contributed by atoms with E-state index in [0.29, 0.717) is 81.8 Å². The Labute approximate surface area is 414 Å². The number of hydroxylamine groups is 2. The number of rotatable bonds is 27. The van der Waals surface area contributed by atoms with Crippen molar-refractivity contribution in [3.8, 4) is 0 Å². The van der Waals surface area contributed by atoms with Crippen LogP contribution in [-0.4, -0.2) is 180 Å². The molecule has 6 unspecified atom stereocenters. The molecule has 2 bridgehead atoms. The third-order valence-electron chi connectivity index (χ3n) is 18.2. The Hall–Kier alpha value is -2.15. The highest BCUT2D eigenvalue weighted by atomic mass is 16.7. The zero-order valence-electron chi connectivity index (χ0n) is 43.9. The molecule has 2 amide bonds. The average Bonchev–Trinajstić information content (AvgIpc) is 3.71. The van der Waals surface area contributed by atoms with Gasteiger partial charge < -0.3 is 49.6 Å². The van der Waals surface area contributed by atoms with Crippen LogP contribution in [-0.2, 0) is 33.4 Å². The molecule has 1 heterocycles. The standard InChI is InChI=1S/C52H94N8O9/c1-34-44-29-40(52(44,3)4)30-45(34)56-51(64)48-47(35(2)62)46(33-61)69-60(48)31-37-15-12-16-43(49(37)65-8)38-26-39(28-42(27-38)58(5)6)50(63)55-41(25-36-13-10-9-11-14-36)32-59(7)18-20-67-22-24-68-23-21-66-19-17-54-57-53/h34-49,61-62H,9-33H2,1-8H3,(H,55,63)(H,56,64)/t34-,35-,37?,38?,39?,40+,41+,42?,43?,44-,45-,46-,47+,48-,49?/m0/s1. The van der Waals surface area contributed by atoms with Crippen molar-refractivity contribution in [2.75, 3.05) is 101 Å². The molecule has 17 heteroatoms. The molecule has 7 aliphatic rings. The van der Waals surface area contributed by atoms with Crippen molar-refractivity contribution in [2.45, 2.75) is 160 Å². The van der Waals surface area contributed by atoms with E-state index in [0.717, 1.165) is 64.5 Å². The first-order chi connectivity index (χ1) is 33.2. The van der Waals surface area contributed by atoms with E-state index in [1.165, 1.54) is 38.5 Å². The number of amides is 2. The van der Waals surface area contributed by atoms with Gasteiger partial charge in [-0.2, -0.15) is 5.06 Å². The molecule has 7 rings (SSSR count). The second kappa shape index (κ2) is 27.2. The number of hydrogen-bond acceptors (Lipinski definition) is 13. The number of nitrogens with zero attached hydrogens (tertiary/aromatic N) is 6. The van der Waals surface area contributed by atoms with Crippen molar-refractivity contribution < 1.29 is 43.6 Å². The number of carbonyl (C=O) groups is 2. The lowest BCUT2D eigenvalue weighted by Crippen LogP contribution is -2.62. The summed E-state index contributed by atoms with van der Waals surface area (Å²) in [5.74, 6) is 2.11. The predicted molar refractivity (Wildman–Crippen MR) is 266 cm³/mol. The van der Waals surface area contributed by atoms with Crippen molar-refractivity contribution in [3.05, 3.63) is 10.4 Å². The van der Waals surface area contributed by atoms with E-state index in [1.807, 2.05) is 7.11 Å². The summed E-state index contributed by atoms with van der Waals surface area (Å²) in [6.45, 7) is 13.6. The first-order valence-corrected chi connectivity index (χ1v) is 27.1. The van der Waals surface area contributed by atoms with Gasteiger partial charge in [0, 0.05) is 74.1 Å². The summed E-state index contributed by atoms with van der Waals surface area (Å²) >= 11 is 0. The number of aliphatic hydroxyl groups is 2. The number of likely N-dealkylation sites (N-methyl/N-ethyl adjacent to an activating group) is 1. The molecule has 0 radical (unpaired) electrons. The molecule has 0 aromatic heterocycles. The Morgan fingerprint density at radius 1 is 0.928 bits per heavy atom. The van der Waals surface area contributed by atoms with Gasteiger partial charge in [-0.3, -0.25) is 14.4 Å². The molecule has 0 aromatic rings. The van der Waals surface area contributed by atoms with Gasteiger partial charge in [0.25, 0.3) is 0 Å². The maximum atomic E-state index is 14.7. The van der Waals surface area contributed by atoms with Crippen LogP contribution in [0.2, 0.25) is 0 Å². The van der Waals surface area contributed by atoms with E-state index in [-0.39, 0.29) is 66.3 Å². The van der Waals surface area contributed by atoms with Crippen LogP contribution in [0, 0.1) is 58.7 Å². The van der Waals surface area contributed by atoms with Gasteiger partial charge in [-0.25, -0.2) is 0 Å². The number of hydrogen-bond donors (Lipinski definition) is 4. The maximum absolute atomic E-state index is 14.7. The molecular weight excluding hydrogens is 881 g/mol. The van der Waals surface area contributed by atoms with E-state index in [4.69, 9.17) is 29.3 Å². The van der Waals surface area contributed by atoms with Gasteiger partial charge in [0.2, 0.25) is 11.8 Å². The Bertz CT molecular complexity index is 1610. The van der Waals surface area contributed by atoms with Gasteiger partial charge in [-0.05, 0) is 126 Å². The normalized spacial score (nSPS) is 34.8. The minimum Gasteiger partial charge on any atom is -0.394 e. The highest BCUT2D eigenvalue weighted by Gasteiger charge is 2.58. The van der Waals surface area contributed by atoms with Crippen LogP contribution < -0.4 is 10.6 Å². The molecule has 0 spiro atoms. The highest BCUT2D eigenvalue weighted by Crippen LogP contribution is 2.61. The average molecular weight is 975 g/mol. The number of methoxy groups -OCH3 is 1. The summed E-state index contributed by atoms with van der Waals surface area (Å²) in [5, 5.41) is 34.0. The van der Waals surface area contributed by atoms with Crippen molar-refractivity contribution in [1.82, 2.24) is 25.5 Å². The molecule has 6 saturated carbocycles. The highest BCUT2D eigenvalue weighted by molar-refractivity contribution is 5.83. The topological polar surface area (TPSA) is 203 Å². The van der Waals surface area contributed by atoms with E-state index >= 15 is 0 Å². The molecule has 1 saturated heterocycles. The lowest BCUT2D eigenvalue weighted by molar-refractivity contribution is -0.193. The van der Waals surface area contributed by atoms with Gasteiger partial charge in [-0.1, -0.05) is 64.4 Å². The molecule has 69 heavy (non-hydrogen) atoms. The van der Waals surface area contributed by atoms with Crippen LogP contribution >= 0.6 is 0 Å². The first-order valence-electron chi connectivity index (χ1n) is 27.1. The van der Waals surface area contributed by atoms with E-state index in [2.05, 4.69) is 72.4 Å². The molecule has 15 atom stereocenters. The molecule has 17 nitrogen and oxygen atoms in total. The number of carbonyl (C=O) groups excluding carboxylic acids is 2. The van der Waals surface area contributed by atoms with E-state index in [9.17, 15) is 19.8 Å². The zero-order chi connectivity index (χ0) is 49.7. The van der Waals surface area contributed by atoms with Gasteiger partial charge in [0.15, 0.2) is 0 Å². The summed E-state index contributed by atoms with van der Waals surface area (Å²) in [4.78, 5) is 42.9. The van der Waals surface area contributed by atoms with Crippen LogP contribution in [0.4, 0.5) is 0 Å². The molecule has 1 aliphatic heterocycles. The third-order valence-corrected chi connectivity index (χ3v) is 18.2. The van der Waals surface area contributed by atoms with Crippen molar-refractivity contribution >= 4 is 11.8 Å². The van der Waals surface area contributed by atoms with Crippen LogP contribution in [0.3, 0.4) is 0 Å². The number of ether oxygens (including phenoxy) is 4. The monoisotopic (exact) mass is 975 g/mol. The third kappa shape index (κ3) is 15.0. The largest absolute Gasteiger partial charge is 0.394 e. The molecule has 6 aliphatic carbocycles. The fourth-order valence-corrected chi connectivity index (χ4v) is 14.1. The smallest absolute Gasteiger partial charge is 0.240 e. The Balaban J connectivity index is 1.07. The van der Waals surface area contributed by atoms with Crippen LogP contribution in [0.5, 0.6) is 0 Å². The minimum absolute atomic E-state index is 0.0504. The summed E-state index contributed by atoms with van der Waals surface area (Å²) in [6.07, 6.45) is 13.4. The van der Waals surface area contributed by atoms with Gasteiger partial charge in [0.1, 0.15) is 12.1 Å². The van der Waals surface area contributed by atoms with Crippen LogP contribution in [0.25, 0.3) is 10.4 Å². The summed E-state index contributed by atoms with van der Waals surface area (Å²) < 4.78 is 23.4. The molecule has 4 N–H and O–H groups in total. The maximum Gasteiger partial charge on any atom is 0.240 e. The molecular formula is C52H94N8O9. The van der Waals surface area contributed by atoms with Crippen molar-refractivity contribution in [3.63, 3.8) is 0 Å². The first kappa shape index (κ1) is 56.2. The zero-order valence-corrected chi connectivity index (χ0v) is 43.9. The van der Waals surface area contributed by atoms with E-state index in [1.54, 1.807) is 12.0 Å². The van der Waals surface area contributed by atoms with Crippen molar-refractivity contribution in [1.29, 1.82) is 0 Å². The fourth-order valence-electron chi connectivity index (χ4n) is 14.1. The Morgan fingerprint density at radius 2 is 1.64 bits per heavy atom. The Kier molecular flexibility index (Phi) is 22.2. The second-order valence-electron chi connectivity index (χ2n) is 23.1. The number of aliphatic hydroxyl groups excluding tert-OH is 2. The predicted octanol–water partition coefficient (Wildman–Crippen LogP) is 5.67. The Morgan fingerprint density at radius 3 is 2.28 bits per heavy atom. The van der Waals surface area contributed by atoms with E-state index < -0.39 is 24.2 Å². The van der Waals surface area contributed by atoms with Gasteiger partial charge in [0.05, 0.1) is 58.5 Å². The summed E-state index contributed by atoms with van der Waals surface area (Å²) in [7, 11) is 8.22. The number of nitrogens with one attached hydrogen (secondary N) is 2. The lowest BCUT2D eigenvalue weighted by atomic mass is 9.45.